The van der Waals surface area contributed by atoms with E-state index in [9.17, 15) is 14.0 Å². The van der Waals surface area contributed by atoms with Crippen molar-refractivity contribution in [1.82, 2.24) is 10.2 Å². The van der Waals surface area contributed by atoms with Crippen LogP contribution in [0.1, 0.15) is 18.4 Å². The summed E-state index contributed by atoms with van der Waals surface area (Å²) in [4.78, 5) is 25.7. The van der Waals surface area contributed by atoms with E-state index in [2.05, 4.69) is 16.7 Å². The maximum Gasteiger partial charge on any atom is 0.313 e. The number of carbonyl (C=O) groups is 2. The molecule has 2 amide bonds. The molecule has 2 N–H and O–H groups in total. The van der Waals surface area contributed by atoms with Gasteiger partial charge in [0.25, 0.3) is 0 Å². The van der Waals surface area contributed by atoms with Crippen molar-refractivity contribution >= 4 is 17.5 Å². The van der Waals surface area contributed by atoms with Gasteiger partial charge in [-0.05, 0) is 37.5 Å². The topological polar surface area (TPSA) is 85.2 Å². The van der Waals surface area contributed by atoms with Crippen LogP contribution in [0.15, 0.2) is 18.2 Å². The number of amides is 2. The molecule has 0 bridgehead atoms. The van der Waals surface area contributed by atoms with Crippen molar-refractivity contribution in [2.45, 2.75) is 25.8 Å². The van der Waals surface area contributed by atoms with Crippen LogP contribution >= 0.6 is 0 Å². The van der Waals surface area contributed by atoms with E-state index in [1.165, 1.54) is 12.1 Å². The molecule has 1 aromatic carbocycles. The van der Waals surface area contributed by atoms with E-state index in [0.29, 0.717) is 38.0 Å². The molecule has 0 atom stereocenters. The van der Waals surface area contributed by atoms with E-state index in [0.717, 1.165) is 0 Å². The van der Waals surface area contributed by atoms with Gasteiger partial charge < -0.3 is 10.6 Å². The molecule has 122 valence electrons. The third-order valence-corrected chi connectivity index (χ3v) is 3.85. The molecule has 1 aliphatic rings. The van der Waals surface area contributed by atoms with Crippen molar-refractivity contribution in [2.75, 3.05) is 25.0 Å². The van der Waals surface area contributed by atoms with Gasteiger partial charge in [0, 0.05) is 24.8 Å². The monoisotopic (exact) mass is 318 g/mol. The van der Waals surface area contributed by atoms with Gasteiger partial charge in [0.15, 0.2) is 0 Å². The summed E-state index contributed by atoms with van der Waals surface area (Å²) in [6.45, 7) is 3.42. The van der Waals surface area contributed by atoms with Crippen LogP contribution in [0.4, 0.5) is 10.1 Å². The Balaban J connectivity index is 1.82. The predicted octanol–water partition coefficient (Wildman–Crippen LogP) is 1.18. The largest absolute Gasteiger partial charge is 0.345 e. The number of nitrogens with one attached hydrogen (secondary N) is 2. The molecule has 0 spiro atoms. The van der Waals surface area contributed by atoms with Crippen LogP contribution < -0.4 is 10.6 Å². The summed E-state index contributed by atoms with van der Waals surface area (Å²) in [6, 6.07) is 6.27. The van der Waals surface area contributed by atoms with Gasteiger partial charge in [0.2, 0.25) is 0 Å². The van der Waals surface area contributed by atoms with E-state index in [-0.39, 0.29) is 11.7 Å². The third-order valence-electron chi connectivity index (χ3n) is 3.85. The number of nitriles is 1. The van der Waals surface area contributed by atoms with Crippen LogP contribution in [0.3, 0.4) is 0 Å². The Morgan fingerprint density at radius 1 is 1.35 bits per heavy atom. The minimum atomic E-state index is -0.812. The number of likely N-dealkylation sites (tertiary alicyclic amines) is 1. The van der Waals surface area contributed by atoms with Gasteiger partial charge in [-0.1, -0.05) is 6.07 Å². The van der Waals surface area contributed by atoms with Crippen LogP contribution in [0.25, 0.3) is 0 Å². The van der Waals surface area contributed by atoms with Crippen LogP contribution in [0, 0.1) is 24.1 Å². The Hall–Kier alpha value is -2.46. The zero-order valence-corrected chi connectivity index (χ0v) is 12.9. The quantitative estimate of drug-likeness (QED) is 0.647. The average Bonchev–Trinajstić information content (AvgIpc) is 2.53. The Labute approximate surface area is 134 Å². The lowest BCUT2D eigenvalue weighted by atomic mass is 10.1. The SMILES string of the molecule is Cc1ccc(NC(=O)C(=O)NC2CCN(CC#N)CC2)cc1F. The van der Waals surface area contributed by atoms with Crippen LogP contribution in [0.2, 0.25) is 0 Å². The highest BCUT2D eigenvalue weighted by Crippen LogP contribution is 2.14. The molecule has 1 aromatic rings. The zero-order chi connectivity index (χ0) is 16.8. The summed E-state index contributed by atoms with van der Waals surface area (Å²) < 4.78 is 13.4. The number of carbonyl (C=O) groups excluding carboxylic acids is 2. The highest BCUT2D eigenvalue weighted by molar-refractivity contribution is 6.39. The molecule has 0 aliphatic carbocycles. The van der Waals surface area contributed by atoms with E-state index < -0.39 is 17.6 Å². The number of benzene rings is 1. The highest BCUT2D eigenvalue weighted by atomic mass is 19.1. The maximum absolute atomic E-state index is 13.4. The van der Waals surface area contributed by atoms with Crippen molar-refractivity contribution in [3.63, 3.8) is 0 Å². The summed E-state index contributed by atoms with van der Waals surface area (Å²) in [5, 5.41) is 13.7. The van der Waals surface area contributed by atoms with Gasteiger partial charge >= 0.3 is 11.8 Å². The molecule has 1 fully saturated rings. The second kappa shape index (κ2) is 7.70. The molecule has 1 aliphatic heterocycles. The summed E-state index contributed by atoms with van der Waals surface area (Å²) in [6.07, 6.45) is 1.39. The molecule has 0 saturated carbocycles. The second-order valence-corrected chi connectivity index (χ2v) is 5.60. The van der Waals surface area contributed by atoms with E-state index in [1.54, 1.807) is 13.0 Å². The number of hydrogen-bond acceptors (Lipinski definition) is 4. The summed E-state index contributed by atoms with van der Waals surface area (Å²) in [7, 11) is 0. The Morgan fingerprint density at radius 2 is 2.04 bits per heavy atom. The van der Waals surface area contributed by atoms with Gasteiger partial charge in [-0.3, -0.25) is 14.5 Å². The number of nitrogens with zero attached hydrogens (tertiary/aromatic N) is 2. The third kappa shape index (κ3) is 4.76. The molecule has 1 heterocycles. The Kier molecular flexibility index (Phi) is 5.66. The first-order valence-corrected chi connectivity index (χ1v) is 7.47. The minimum Gasteiger partial charge on any atom is -0.345 e. The van der Waals surface area contributed by atoms with Crippen molar-refractivity contribution in [2.24, 2.45) is 0 Å². The lowest BCUT2D eigenvalue weighted by Crippen LogP contribution is -2.47. The fourth-order valence-corrected chi connectivity index (χ4v) is 2.44. The molecule has 23 heavy (non-hydrogen) atoms. The Bertz CT molecular complexity index is 633. The van der Waals surface area contributed by atoms with Crippen molar-refractivity contribution in [3.05, 3.63) is 29.6 Å². The van der Waals surface area contributed by atoms with Gasteiger partial charge in [0.1, 0.15) is 5.82 Å². The molecule has 2 rings (SSSR count). The molecular formula is C16H19FN4O2. The van der Waals surface area contributed by atoms with Crippen LogP contribution in [-0.2, 0) is 9.59 Å². The fourth-order valence-electron chi connectivity index (χ4n) is 2.44. The summed E-state index contributed by atoms with van der Waals surface area (Å²) in [5.41, 5.74) is 0.716. The first kappa shape index (κ1) is 16.9. The number of halogens is 1. The van der Waals surface area contributed by atoms with Crippen LogP contribution in [0.5, 0.6) is 0 Å². The highest BCUT2D eigenvalue weighted by Gasteiger charge is 2.23. The maximum atomic E-state index is 13.4. The lowest BCUT2D eigenvalue weighted by Gasteiger charge is -2.30. The van der Waals surface area contributed by atoms with Gasteiger partial charge in [-0.2, -0.15) is 5.26 Å². The number of hydrogen-bond donors (Lipinski definition) is 2. The van der Waals surface area contributed by atoms with E-state index in [1.807, 2.05) is 4.90 Å². The second-order valence-electron chi connectivity index (χ2n) is 5.60. The summed E-state index contributed by atoms with van der Waals surface area (Å²) >= 11 is 0. The standard InChI is InChI=1S/C16H19FN4O2/c1-11-2-3-13(10-14(11)17)20-16(23)15(22)19-12-4-7-21(8-5-12)9-6-18/h2-3,10,12H,4-5,7-9H2,1H3,(H,19,22)(H,20,23). The first-order valence-electron chi connectivity index (χ1n) is 7.47. The smallest absolute Gasteiger partial charge is 0.313 e. The first-order chi connectivity index (χ1) is 11.0. The van der Waals surface area contributed by atoms with Crippen molar-refractivity contribution < 1.29 is 14.0 Å². The molecule has 7 heteroatoms. The molecule has 6 nitrogen and oxygen atoms in total. The van der Waals surface area contributed by atoms with Gasteiger partial charge in [-0.25, -0.2) is 4.39 Å². The lowest BCUT2D eigenvalue weighted by molar-refractivity contribution is -0.136. The zero-order valence-electron chi connectivity index (χ0n) is 12.9. The molecular weight excluding hydrogens is 299 g/mol. The number of piperidine rings is 1. The average molecular weight is 318 g/mol. The van der Waals surface area contributed by atoms with E-state index >= 15 is 0 Å². The van der Waals surface area contributed by atoms with E-state index in [4.69, 9.17) is 5.26 Å². The number of rotatable bonds is 3. The number of anilines is 1. The minimum absolute atomic E-state index is 0.0852. The Morgan fingerprint density at radius 3 is 2.65 bits per heavy atom. The summed E-state index contributed by atoms with van der Waals surface area (Å²) in [5.74, 6) is -1.98. The van der Waals surface area contributed by atoms with Gasteiger partial charge in [-0.15, -0.1) is 0 Å². The molecule has 1 saturated heterocycles. The molecule has 0 aromatic heterocycles. The fraction of sp³-hybridized carbons (Fsp3) is 0.438. The predicted molar refractivity (Wildman–Crippen MR) is 83.0 cm³/mol. The van der Waals surface area contributed by atoms with Crippen molar-refractivity contribution in [1.29, 1.82) is 5.26 Å². The van der Waals surface area contributed by atoms with Crippen molar-refractivity contribution in [3.8, 4) is 6.07 Å². The normalized spacial score (nSPS) is 15.7. The molecule has 0 radical (unpaired) electrons. The number of aryl methyl sites for hydroxylation is 1. The van der Waals surface area contributed by atoms with Gasteiger partial charge in [0.05, 0.1) is 12.6 Å². The molecule has 0 unspecified atom stereocenters. The van der Waals surface area contributed by atoms with Crippen LogP contribution in [-0.4, -0.2) is 42.4 Å².